The first-order valence-corrected chi connectivity index (χ1v) is 5.54. The highest BCUT2D eigenvalue weighted by Gasteiger charge is 1.88. The van der Waals surface area contributed by atoms with Crippen molar-refractivity contribution in [2.24, 2.45) is 11.8 Å². The van der Waals surface area contributed by atoms with Crippen molar-refractivity contribution in [3.8, 4) is 0 Å². The first-order chi connectivity index (χ1) is 5.54. The first-order valence-electron chi connectivity index (χ1n) is 5.54. The van der Waals surface area contributed by atoms with E-state index in [1.807, 2.05) is 0 Å². The highest BCUT2D eigenvalue weighted by atomic mass is 13.9. The van der Waals surface area contributed by atoms with E-state index < -0.39 is 0 Å². The fourth-order valence-corrected chi connectivity index (χ4v) is 0.612. The van der Waals surface area contributed by atoms with Gasteiger partial charge in [-0.1, -0.05) is 96.9 Å². The summed E-state index contributed by atoms with van der Waals surface area (Å²) in [6.07, 6.45) is 5.45. The van der Waals surface area contributed by atoms with Crippen molar-refractivity contribution in [3.05, 3.63) is 0 Å². The third-order valence-corrected chi connectivity index (χ3v) is 1.95. The van der Waals surface area contributed by atoms with E-state index >= 15 is 0 Å². The molecule has 0 rings (SSSR count). The van der Waals surface area contributed by atoms with E-state index in [0.29, 0.717) is 0 Å². The number of unbranched alkanes of at least 4 members (excludes halogenated alkanes) is 1. The van der Waals surface area contributed by atoms with E-state index in [4.69, 9.17) is 0 Å². The summed E-state index contributed by atoms with van der Waals surface area (Å²) in [5, 5.41) is 0. The second-order valence-electron chi connectivity index (χ2n) is 4.34. The summed E-state index contributed by atoms with van der Waals surface area (Å²) in [7, 11) is 0. The molecule has 0 aromatic carbocycles. The third-order valence-electron chi connectivity index (χ3n) is 1.95. The van der Waals surface area contributed by atoms with Crippen molar-refractivity contribution in [2.45, 2.75) is 96.9 Å². The van der Waals surface area contributed by atoms with Crippen molar-refractivity contribution < 1.29 is 0 Å². The van der Waals surface area contributed by atoms with Crippen LogP contribution in [0, 0.1) is 11.8 Å². The lowest BCUT2D eigenvalue weighted by Crippen LogP contribution is -1.83. The van der Waals surface area contributed by atoms with Crippen molar-refractivity contribution in [1.82, 2.24) is 0 Å². The van der Waals surface area contributed by atoms with Gasteiger partial charge in [0.2, 0.25) is 0 Å². The Balaban J connectivity index is -0.0000000258. The van der Waals surface area contributed by atoms with Gasteiger partial charge in [-0.15, -0.1) is 0 Å². The summed E-state index contributed by atoms with van der Waals surface area (Å²) in [5.41, 5.74) is 0. The smallest absolute Gasteiger partial charge is 0.0471 e. The van der Waals surface area contributed by atoms with Crippen LogP contribution in [0.5, 0.6) is 0 Å². The van der Waals surface area contributed by atoms with Gasteiger partial charge in [-0.05, 0) is 11.8 Å². The quantitative estimate of drug-likeness (QED) is 0.476. The molecule has 0 saturated carbocycles. The van der Waals surface area contributed by atoms with Gasteiger partial charge < -0.3 is 0 Å². The molecule has 0 saturated heterocycles. The Bertz CT molecular complexity index is 62.4. The van der Waals surface area contributed by atoms with Crippen LogP contribution in [0.4, 0.5) is 0 Å². The van der Waals surface area contributed by atoms with E-state index in [2.05, 4.69) is 41.5 Å². The molecule has 0 bridgehead atoms. The average molecular weight is 237 g/mol. The number of rotatable bonds is 4. The van der Waals surface area contributed by atoms with Crippen LogP contribution in [0.25, 0.3) is 0 Å². The van der Waals surface area contributed by atoms with Gasteiger partial charge in [-0.3, -0.25) is 0 Å². The summed E-state index contributed by atoms with van der Waals surface area (Å²) in [6, 6.07) is 0. The van der Waals surface area contributed by atoms with Gasteiger partial charge in [0, 0.05) is 0 Å². The van der Waals surface area contributed by atoms with E-state index in [1.54, 1.807) is 0 Å². The van der Waals surface area contributed by atoms with E-state index in [9.17, 15) is 0 Å². The summed E-state index contributed by atoms with van der Waals surface area (Å²) < 4.78 is 0. The van der Waals surface area contributed by atoms with Crippen LogP contribution in [-0.2, 0) is 0 Å². The van der Waals surface area contributed by atoms with Crippen molar-refractivity contribution in [1.29, 1.82) is 0 Å². The van der Waals surface area contributed by atoms with Crippen LogP contribution >= 0.6 is 0 Å². The Morgan fingerprint density at radius 2 is 1.00 bits per heavy atom. The van der Waals surface area contributed by atoms with E-state index in [1.165, 1.54) is 25.7 Å². The molecular weight excluding hydrogens is 192 g/mol. The second kappa shape index (κ2) is 29.4. The molecule has 0 aliphatic rings. The monoisotopic (exact) mass is 236 g/mol. The fraction of sp³-hybridized carbons (Fsp3) is 1.00. The fourth-order valence-electron chi connectivity index (χ4n) is 0.612. The lowest BCUT2D eigenvalue weighted by molar-refractivity contribution is 0.550. The molecule has 0 N–H and O–H groups in total. The minimum absolute atomic E-state index is 0. The second-order valence-corrected chi connectivity index (χ2v) is 4.34. The molecule has 0 nitrogen and oxygen atoms in total. The number of hydrogen-bond acceptors (Lipinski definition) is 0. The zero-order valence-electron chi connectivity index (χ0n) is 9.98. The minimum atomic E-state index is 0. The predicted molar refractivity (Wildman–Crippen MR) is 86.4 cm³/mol. The van der Waals surface area contributed by atoms with Crippen LogP contribution in [0.3, 0.4) is 0 Å². The summed E-state index contributed by atoms with van der Waals surface area (Å²) in [5.74, 6) is 1.79. The molecule has 0 aliphatic heterocycles. The van der Waals surface area contributed by atoms with Gasteiger partial charge in [0.1, 0.15) is 0 Å². The molecule has 0 amide bonds. The molecule has 0 heteroatoms. The zero-order chi connectivity index (χ0) is 9.98. The first kappa shape index (κ1) is 36.0. The van der Waals surface area contributed by atoms with Crippen LogP contribution in [-0.4, -0.2) is 0 Å². The molecule has 0 fully saturated rings. The highest BCUT2D eigenvalue weighted by Crippen LogP contribution is 2.04. The molecule has 0 radical (unpaired) electrons. The largest absolute Gasteiger partial charge is 0.0776 e. The van der Waals surface area contributed by atoms with Crippen molar-refractivity contribution >= 4 is 0 Å². The minimum Gasteiger partial charge on any atom is -0.0776 e. The molecule has 0 atom stereocenters. The Hall–Kier alpha value is 0. The molecule has 0 unspecified atom stereocenters. The maximum absolute atomic E-state index is 2.27. The molecule has 0 aromatic heterocycles. The number of hydrogen-bond donors (Lipinski definition) is 0. The van der Waals surface area contributed by atoms with Crippen LogP contribution in [0.1, 0.15) is 96.9 Å². The van der Waals surface area contributed by atoms with Gasteiger partial charge in [0.15, 0.2) is 0 Å². The Morgan fingerprint density at radius 3 is 1.06 bits per heavy atom. The standard InChI is InChI=1S/C7H16.C5H12.4CH4/c1-4-5-6-7(2)3;1-4-5(2)3;;;;/h7H,4-6H2,1-3H3;5H,4H2,1-3H3;4*1H4. The maximum atomic E-state index is 2.27. The highest BCUT2D eigenvalue weighted by molar-refractivity contribution is 4.42. The molecule has 108 valence electrons. The lowest BCUT2D eigenvalue weighted by Gasteiger charge is -1.98. The molecule has 0 aliphatic carbocycles. The predicted octanol–water partition coefficient (Wildman–Crippen LogP) is 7.43. The summed E-state index contributed by atoms with van der Waals surface area (Å²) >= 11 is 0. The molecule has 0 spiro atoms. The van der Waals surface area contributed by atoms with Gasteiger partial charge in [0.05, 0.1) is 0 Å². The topological polar surface area (TPSA) is 0 Å². The molecule has 0 aromatic rings. The van der Waals surface area contributed by atoms with E-state index in [-0.39, 0.29) is 29.7 Å². The third kappa shape index (κ3) is 65.7. The maximum Gasteiger partial charge on any atom is -0.0471 e. The molecule has 16 heavy (non-hydrogen) atoms. The van der Waals surface area contributed by atoms with Gasteiger partial charge in [0.25, 0.3) is 0 Å². The van der Waals surface area contributed by atoms with E-state index in [0.717, 1.165) is 11.8 Å². The SMILES string of the molecule is C.C.C.C.CCC(C)C.CCCCC(C)C. The van der Waals surface area contributed by atoms with Gasteiger partial charge in [-0.2, -0.15) is 0 Å². The Morgan fingerprint density at radius 1 is 0.688 bits per heavy atom. The molecular formula is C16H44. The lowest BCUT2D eigenvalue weighted by atomic mass is 10.1. The van der Waals surface area contributed by atoms with Gasteiger partial charge in [-0.25, -0.2) is 0 Å². The summed E-state index contributed by atoms with van der Waals surface area (Å²) in [6.45, 7) is 13.4. The van der Waals surface area contributed by atoms with Crippen molar-refractivity contribution in [2.75, 3.05) is 0 Å². The Kier molecular flexibility index (Phi) is 66.1. The Labute approximate surface area is 109 Å². The normalized spacial score (nSPS) is 7.50. The summed E-state index contributed by atoms with van der Waals surface area (Å²) in [4.78, 5) is 0. The van der Waals surface area contributed by atoms with Crippen LogP contribution in [0.15, 0.2) is 0 Å². The van der Waals surface area contributed by atoms with Gasteiger partial charge >= 0.3 is 0 Å². The van der Waals surface area contributed by atoms with Crippen LogP contribution in [0.2, 0.25) is 0 Å². The van der Waals surface area contributed by atoms with Crippen molar-refractivity contribution in [3.63, 3.8) is 0 Å². The average Bonchev–Trinajstić information content (AvgIpc) is 2.02. The zero-order valence-corrected chi connectivity index (χ0v) is 9.98. The molecule has 0 heterocycles. The van der Waals surface area contributed by atoms with Crippen LogP contribution < -0.4 is 0 Å².